The van der Waals surface area contributed by atoms with Gasteiger partial charge in [-0.3, -0.25) is 0 Å². The highest BCUT2D eigenvalue weighted by atomic mass is 35.5. The Balaban J connectivity index is 1.50. The number of aryl methyl sites for hydroxylation is 1. The number of ether oxygens (including phenoxy) is 2. The van der Waals surface area contributed by atoms with Crippen molar-refractivity contribution in [3.63, 3.8) is 0 Å². The van der Waals surface area contributed by atoms with E-state index in [1.165, 1.54) is 6.07 Å². The number of hydrogen-bond donors (Lipinski definition) is 1. The molecule has 1 aliphatic carbocycles. The molecule has 3 aromatic rings. The first-order valence-corrected chi connectivity index (χ1v) is 11.7. The maximum atomic E-state index is 12.9. The number of carbonyl (C=O) groups is 2. The van der Waals surface area contributed by atoms with Gasteiger partial charge in [-0.25, -0.2) is 14.4 Å². The second kappa shape index (κ2) is 10.3. The molecule has 0 saturated carbocycles. The first-order chi connectivity index (χ1) is 16.3. The first-order valence-electron chi connectivity index (χ1n) is 11.3. The highest BCUT2D eigenvalue weighted by Crippen LogP contribution is 2.34. The van der Waals surface area contributed by atoms with Crippen LogP contribution >= 0.6 is 11.6 Å². The van der Waals surface area contributed by atoms with Crippen molar-refractivity contribution in [3.05, 3.63) is 74.6 Å². The molecular formula is C26H26ClNO6. The number of amides is 1. The Morgan fingerprint density at radius 2 is 1.79 bits per heavy atom. The second-order valence-corrected chi connectivity index (χ2v) is 9.09. The summed E-state index contributed by atoms with van der Waals surface area (Å²) >= 11 is 6.43. The molecule has 0 bridgehead atoms. The smallest absolute Gasteiger partial charge is 0.408 e. The zero-order chi connectivity index (χ0) is 24.2. The molecule has 0 spiro atoms. The first kappa shape index (κ1) is 23.8. The molecule has 4 rings (SSSR count). The SMILES string of the molecule is CC(C)[C@H](NC(=O)OCc1ccccc1)C(=O)Oc1cc2oc(=O)c3c(c2cc1Cl)CCCC3. The lowest BCUT2D eigenvalue weighted by Crippen LogP contribution is -2.46. The van der Waals surface area contributed by atoms with Crippen LogP contribution in [0.25, 0.3) is 11.0 Å². The minimum Gasteiger partial charge on any atom is -0.445 e. The van der Waals surface area contributed by atoms with Gasteiger partial charge in [0.2, 0.25) is 0 Å². The maximum Gasteiger partial charge on any atom is 0.408 e. The largest absolute Gasteiger partial charge is 0.445 e. The predicted octanol–water partition coefficient (Wildman–Crippen LogP) is 5.18. The van der Waals surface area contributed by atoms with Gasteiger partial charge in [-0.05, 0) is 48.8 Å². The van der Waals surface area contributed by atoms with Crippen LogP contribution < -0.4 is 15.7 Å². The highest BCUT2D eigenvalue weighted by Gasteiger charge is 2.28. The molecule has 8 heteroatoms. The highest BCUT2D eigenvalue weighted by molar-refractivity contribution is 6.33. The third-order valence-electron chi connectivity index (χ3n) is 5.89. The third-order valence-corrected chi connectivity index (χ3v) is 6.19. The van der Waals surface area contributed by atoms with Crippen LogP contribution in [-0.4, -0.2) is 18.1 Å². The van der Waals surface area contributed by atoms with Crippen LogP contribution in [0, 0.1) is 5.92 Å². The number of alkyl carbamates (subject to hydrolysis) is 1. The molecular weight excluding hydrogens is 458 g/mol. The topological polar surface area (TPSA) is 94.8 Å². The van der Waals surface area contributed by atoms with Crippen molar-refractivity contribution in [1.82, 2.24) is 5.32 Å². The number of rotatable bonds is 6. The van der Waals surface area contributed by atoms with E-state index in [4.69, 9.17) is 25.5 Å². The van der Waals surface area contributed by atoms with Gasteiger partial charge in [0.1, 0.15) is 18.2 Å². The quantitative estimate of drug-likeness (QED) is 0.295. The normalized spacial score (nSPS) is 13.9. The van der Waals surface area contributed by atoms with Gasteiger partial charge in [-0.15, -0.1) is 0 Å². The fraction of sp³-hybridized carbons (Fsp3) is 0.346. The molecule has 0 aliphatic heterocycles. The van der Waals surface area contributed by atoms with Crippen molar-refractivity contribution in [2.24, 2.45) is 5.92 Å². The number of hydrogen-bond acceptors (Lipinski definition) is 6. The van der Waals surface area contributed by atoms with Gasteiger partial charge in [0.15, 0.2) is 5.75 Å². The Labute approximate surface area is 202 Å². The Morgan fingerprint density at radius 1 is 1.09 bits per heavy atom. The summed E-state index contributed by atoms with van der Waals surface area (Å²) in [7, 11) is 0. The molecule has 178 valence electrons. The number of benzene rings is 2. The van der Waals surface area contributed by atoms with E-state index in [2.05, 4.69) is 5.32 Å². The summed E-state index contributed by atoms with van der Waals surface area (Å²) in [4.78, 5) is 37.6. The van der Waals surface area contributed by atoms with Gasteiger partial charge in [-0.2, -0.15) is 0 Å². The number of carbonyl (C=O) groups excluding carboxylic acids is 2. The summed E-state index contributed by atoms with van der Waals surface area (Å²) in [6, 6.07) is 11.4. The van der Waals surface area contributed by atoms with E-state index in [0.717, 1.165) is 35.8 Å². The minimum absolute atomic E-state index is 0.0585. The van der Waals surface area contributed by atoms with Crippen LogP contribution in [0.4, 0.5) is 4.79 Å². The summed E-state index contributed by atoms with van der Waals surface area (Å²) in [5, 5.41) is 3.53. The molecule has 34 heavy (non-hydrogen) atoms. The van der Waals surface area contributed by atoms with E-state index < -0.39 is 18.1 Å². The molecule has 7 nitrogen and oxygen atoms in total. The van der Waals surface area contributed by atoms with Crippen molar-refractivity contribution >= 4 is 34.6 Å². The van der Waals surface area contributed by atoms with E-state index in [1.54, 1.807) is 19.9 Å². The standard InChI is InChI=1S/C26H26ClNO6/c1-15(2)23(28-26(31)32-14-16-8-4-3-5-9-16)25(30)34-22-13-21-19(12-20(22)27)17-10-6-7-11-18(17)24(29)33-21/h3-5,8-9,12-13,15,23H,6-7,10-11,14H2,1-2H3,(H,28,31)/t23-/m0/s1. The molecule has 1 aromatic heterocycles. The van der Waals surface area contributed by atoms with E-state index >= 15 is 0 Å². The van der Waals surface area contributed by atoms with Gasteiger partial charge in [0.05, 0.1) is 5.02 Å². The lowest BCUT2D eigenvalue weighted by atomic mass is 9.90. The van der Waals surface area contributed by atoms with Crippen LogP contribution in [0.3, 0.4) is 0 Å². The average Bonchev–Trinajstić information content (AvgIpc) is 2.83. The number of halogens is 1. The Kier molecular flexibility index (Phi) is 7.22. The van der Waals surface area contributed by atoms with Crippen LogP contribution in [0.15, 0.2) is 51.7 Å². The summed E-state index contributed by atoms with van der Waals surface area (Å²) < 4.78 is 16.2. The third kappa shape index (κ3) is 5.25. The predicted molar refractivity (Wildman–Crippen MR) is 128 cm³/mol. The van der Waals surface area contributed by atoms with Gasteiger partial charge in [0, 0.05) is 17.0 Å². The summed E-state index contributed by atoms with van der Waals surface area (Å²) in [5.74, 6) is -0.919. The Hall–Kier alpha value is -3.32. The Morgan fingerprint density at radius 3 is 2.50 bits per heavy atom. The van der Waals surface area contributed by atoms with Crippen molar-refractivity contribution in [3.8, 4) is 5.75 Å². The number of fused-ring (bicyclic) bond motifs is 3. The summed E-state index contributed by atoms with van der Waals surface area (Å²) in [5.41, 5.74) is 2.41. The summed E-state index contributed by atoms with van der Waals surface area (Å²) in [6.45, 7) is 3.62. The van der Waals surface area contributed by atoms with E-state index in [0.29, 0.717) is 17.6 Å². The number of nitrogens with one attached hydrogen (secondary N) is 1. The molecule has 2 aromatic carbocycles. The average molecular weight is 484 g/mol. The second-order valence-electron chi connectivity index (χ2n) is 8.68. The van der Waals surface area contributed by atoms with Gasteiger partial charge in [0.25, 0.3) is 0 Å². The monoisotopic (exact) mass is 483 g/mol. The van der Waals surface area contributed by atoms with Crippen molar-refractivity contribution in [2.75, 3.05) is 0 Å². The molecule has 0 unspecified atom stereocenters. The van der Waals surface area contributed by atoms with Gasteiger partial charge in [-0.1, -0.05) is 55.8 Å². The molecule has 1 N–H and O–H groups in total. The van der Waals surface area contributed by atoms with E-state index in [1.807, 2.05) is 30.3 Å². The van der Waals surface area contributed by atoms with Crippen LogP contribution in [-0.2, 0) is 29.0 Å². The molecule has 1 heterocycles. The summed E-state index contributed by atoms with van der Waals surface area (Å²) in [6.07, 6.45) is 2.66. The molecule has 1 atom stereocenters. The molecule has 0 radical (unpaired) electrons. The molecule has 0 saturated heterocycles. The van der Waals surface area contributed by atoms with Crippen molar-refractivity contribution in [1.29, 1.82) is 0 Å². The number of esters is 1. The fourth-order valence-corrected chi connectivity index (χ4v) is 4.29. The lowest BCUT2D eigenvalue weighted by molar-refractivity contribution is -0.137. The zero-order valence-corrected chi connectivity index (χ0v) is 19.8. The van der Waals surface area contributed by atoms with Crippen molar-refractivity contribution in [2.45, 2.75) is 52.2 Å². The van der Waals surface area contributed by atoms with E-state index in [9.17, 15) is 14.4 Å². The van der Waals surface area contributed by atoms with Crippen LogP contribution in [0.5, 0.6) is 5.75 Å². The van der Waals surface area contributed by atoms with Gasteiger partial charge < -0.3 is 19.2 Å². The maximum absolute atomic E-state index is 12.9. The van der Waals surface area contributed by atoms with Gasteiger partial charge >= 0.3 is 17.7 Å². The van der Waals surface area contributed by atoms with Crippen molar-refractivity contribution < 1.29 is 23.5 Å². The molecule has 1 aliphatic rings. The Bertz CT molecular complexity index is 1270. The molecule has 0 fully saturated rings. The van der Waals surface area contributed by atoms with Crippen LogP contribution in [0.1, 0.15) is 43.4 Å². The van der Waals surface area contributed by atoms with E-state index in [-0.39, 0.29) is 28.9 Å². The lowest BCUT2D eigenvalue weighted by Gasteiger charge is -2.21. The van der Waals surface area contributed by atoms with Crippen LogP contribution in [0.2, 0.25) is 5.02 Å². The zero-order valence-electron chi connectivity index (χ0n) is 19.1. The minimum atomic E-state index is -0.967. The molecule has 1 amide bonds. The fourth-order valence-electron chi connectivity index (χ4n) is 4.08.